The molecule has 8 nitrogen and oxygen atoms in total. The van der Waals surface area contributed by atoms with E-state index < -0.39 is 10.0 Å². The Morgan fingerprint density at radius 2 is 1.88 bits per heavy atom. The van der Waals surface area contributed by atoms with Crippen molar-refractivity contribution in [1.82, 2.24) is 14.6 Å². The molecule has 1 atom stereocenters. The summed E-state index contributed by atoms with van der Waals surface area (Å²) in [7, 11) is -3.50. The zero-order chi connectivity index (χ0) is 22.6. The second-order valence-corrected chi connectivity index (χ2v) is 10.7. The summed E-state index contributed by atoms with van der Waals surface area (Å²) < 4.78 is 38.1. The van der Waals surface area contributed by atoms with Crippen LogP contribution in [0.4, 0.5) is 0 Å². The third-order valence-electron chi connectivity index (χ3n) is 5.46. The molecule has 4 rings (SSSR count). The fraction of sp³-hybridized carbons (Fsp3) is 0.455. The zero-order valence-corrected chi connectivity index (χ0v) is 19.6. The minimum Gasteiger partial charge on any atom is -0.486 e. The SMILES string of the molecule is C[C@H](NC(=O)CSc1ccc(S(=O)(=O)N2CCCCC2)cn1)c1ccc2c(c1)OCCO2. The third-order valence-corrected chi connectivity index (χ3v) is 8.28. The highest BCUT2D eigenvalue weighted by Crippen LogP contribution is 2.32. The van der Waals surface area contributed by atoms with E-state index in [0.29, 0.717) is 42.8 Å². The van der Waals surface area contributed by atoms with E-state index in [1.54, 1.807) is 12.1 Å². The lowest BCUT2D eigenvalue weighted by atomic mass is 10.1. The van der Waals surface area contributed by atoms with E-state index in [1.807, 2.05) is 25.1 Å². The van der Waals surface area contributed by atoms with Crippen LogP contribution in [0.15, 0.2) is 46.5 Å². The lowest BCUT2D eigenvalue weighted by Crippen LogP contribution is -2.35. The van der Waals surface area contributed by atoms with Crippen molar-refractivity contribution < 1.29 is 22.7 Å². The van der Waals surface area contributed by atoms with Gasteiger partial charge in [-0.1, -0.05) is 24.2 Å². The molecule has 1 aromatic carbocycles. The number of carbonyl (C=O) groups excluding carboxylic acids is 1. The first-order chi connectivity index (χ1) is 15.4. The van der Waals surface area contributed by atoms with Gasteiger partial charge in [-0.2, -0.15) is 4.31 Å². The van der Waals surface area contributed by atoms with Gasteiger partial charge in [0.05, 0.1) is 16.8 Å². The van der Waals surface area contributed by atoms with E-state index >= 15 is 0 Å². The highest BCUT2D eigenvalue weighted by atomic mass is 32.2. The van der Waals surface area contributed by atoms with Crippen molar-refractivity contribution in [3.8, 4) is 11.5 Å². The predicted molar refractivity (Wildman–Crippen MR) is 122 cm³/mol. The molecule has 1 N–H and O–H groups in total. The second kappa shape index (κ2) is 10.1. The fourth-order valence-electron chi connectivity index (χ4n) is 3.69. The Balaban J connectivity index is 1.30. The van der Waals surface area contributed by atoms with E-state index in [-0.39, 0.29) is 22.6 Å². The van der Waals surface area contributed by atoms with Crippen molar-refractivity contribution in [3.05, 3.63) is 42.1 Å². The van der Waals surface area contributed by atoms with Crippen molar-refractivity contribution in [2.45, 2.75) is 42.1 Å². The molecule has 0 radical (unpaired) electrons. The van der Waals surface area contributed by atoms with Crippen LogP contribution in [0.1, 0.15) is 37.8 Å². The molecule has 2 aliphatic heterocycles. The van der Waals surface area contributed by atoms with Crippen LogP contribution >= 0.6 is 11.8 Å². The minimum atomic E-state index is -3.50. The Kier molecular flexibility index (Phi) is 7.22. The van der Waals surface area contributed by atoms with E-state index in [0.717, 1.165) is 24.8 Å². The Hall–Kier alpha value is -2.30. The normalized spacial score (nSPS) is 17.5. The summed E-state index contributed by atoms with van der Waals surface area (Å²) in [6.07, 6.45) is 4.22. The number of hydrogen-bond donors (Lipinski definition) is 1. The van der Waals surface area contributed by atoms with Crippen LogP contribution < -0.4 is 14.8 Å². The fourth-order valence-corrected chi connectivity index (χ4v) is 5.81. The number of piperidine rings is 1. The number of fused-ring (bicyclic) bond motifs is 1. The summed E-state index contributed by atoms with van der Waals surface area (Å²) in [5.74, 6) is 1.45. The van der Waals surface area contributed by atoms with Crippen LogP contribution in [0.3, 0.4) is 0 Å². The molecule has 0 aliphatic carbocycles. The van der Waals surface area contributed by atoms with Crippen molar-refractivity contribution in [2.24, 2.45) is 0 Å². The standard InChI is InChI=1S/C22H27N3O5S2/c1-16(17-5-7-19-20(13-17)30-12-11-29-19)24-21(26)15-31-22-8-6-18(14-23-22)32(27,28)25-9-3-2-4-10-25/h5-8,13-14,16H,2-4,9-12,15H2,1H3,(H,24,26)/t16-/m0/s1. The third kappa shape index (κ3) is 5.36. The Morgan fingerprint density at radius 1 is 1.12 bits per heavy atom. The first kappa shape index (κ1) is 22.9. The number of pyridine rings is 1. The zero-order valence-electron chi connectivity index (χ0n) is 18.0. The average Bonchev–Trinajstić information content (AvgIpc) is 2.83. The maximum absolute atomic E-state index is 12.7. The second-order valence-electron chi connectivity index (χ2n) is 7.78. The molecule has 1 saturated heterocycles. The van der Waals surface area contributed by atoms with Gasteiger partial charge >= 0.3 is 0 Å². The number of amides is 1. The molecule has 32 heavy (non-hydrogen) atoms. The summed E-state index contributed by atoms with van der Waals surface area (Å²) in [5.41, 5.74) is 0.929. The number of benzene rings is 1. The first-order valence-corrected chi connectivity index (χ1v) is 13.1. The number of aromatic nitrogens is 1. The number of nitrogens with one attached hydrogen (secondary N) is 1. The van der Waals surface area contributed by atoms with Crippen LogP contribution in [0.25, 0.3) is 0 Å². The molecule has 1 fully saturated rings. The lowest BCUT2D eigenvalue weighted by molar-refractivity contribution is -0.119. The maximum Gasteiger partial charge on any atom is 0.244 e. The molecule has 0 unspecified atom stereocenters. The Labute approximate surface area is 192 Å². The van der Waals surface area contributed by atoms with Gasteiger partial charge in [-0.25, -0.2) is 13.4 Å². The van der Waals surface area contributed by atoms with E-state index in [2.05, 4.69) is 10.3 Å². The van der Waals surface area contributed by atoms with Crippen molar-refractivity contribution in [2.75, 3.05) is 32.1 Å². The molecule has 2 aliphatic rings. The van der Waals surface area contributed by atoms with Gasteiger partial charge in [0.25, 0.3) is 0 Å². The van der Waals surface area contributed by atoms with Gasteiger partial charge in [-0.05, 0) is 49.6 Å². The van der Waals surface area contributed by atoms with Gasteiger partial charge < -0.3 is 14.8 Å². The molecular formula is C22H27N3O5S2. The number of ether oxygens (including phenoxy) is 2. The molecule has 0 saturated carbocycles. The van der Waals surface area contributed by atoms with Crippen LogP contribution in [0.5, 0.6) is 11.5 Å². The van der Waals surface area contributed by atoms with Gasteiger partial charge in [0.15, 0.2) is 11.5 Å². The molecule has 1 amide bonds. The monoisotopic (exact) mass is 477 g/mol. The van der Waals surface area contributed by atoms with Gasteiger partial charge in [0.2, 0.25) is 15.9 Å². The number of nitrogens with zero attached hydrogens (tertiary/aromatic N) is 2. The summed E-state index contributed by atoms with van der Waals surface area (Å²) >= 11 is 1.27. The summed E-state index contributed by atoms with van der Waals surface area (Å²) in [6, 6.07) is 8.67. The molecule has 0 spiro atoms. The van der Waals surface area contributed by atoms with Gasteiger partial charge in [0, 0.05) is 19.3 Å². The van der Waals surface area contributed by atoms with Crippen LogP contribution in [0, 0.1) is 0 Å². The summed E-state index contributed by atoms with van der Waals surface area (Å²) in [4.78, 5) is 16.8. The molecule has 1 aromatic heterocycles. The highest BCUT2D eigenvalue weighted by Gasteiger charge is 2.26. The quantitative estimate of drug-likeness (QED) is 0.612. The van der Waals surface area contributed by atoms with Crippen LogP contribution in [0.2, 0.25) is 0 Å². The van der Waals surface area contributed by atoms with Gasteiger partial charge in [0.1, 0.15) is 18.1 Å². The largest absolute Gasteiger partial charge is 0.486 e. The van der Waals surface area contributed by atoms with Crippen LogP contribution in [-0.2, 0) is 14.8 Å². The van der Waals surface area contributed by atoms with Crippen molar-refractivity contribution in [1.29, 1.82) is 0 Å². The van der Waals surface area contributed by atoms with E-state index in [4.69, 9.17) is 9.47 Å². The maximum atomic E-state index is 12.7. The summed E-state index contributed by atoms with van der Waals surface area (Å²) in [5, 5.41) is 3.57. The molecule has 3 heterocycles. The highest BCUT2D eigenvalue weighted by molar-refractivity contribution is 7.99. The first-order valence-electron chi connectivity index (χ1n) is 10.7. The Bertz CT molecular complexity index is 1050. The molecule has 2 aromatic rings. The lowest BCUT2D eigenvalue weighted by Gasteiger charge is -2.25. The van der Waals surface area contributed by atoms with E-state index in [1.165, 1.54) is 22.3 Å². The Morgan fingerprint density at radius 3 is 2.59 bits per heavy atom. The molecule has 10 heteroatoms. The summed E-state index contributed by atoms with van der Waals surface area (Å²) in [6.45, 7) is 4.07. The molecular weight excluding hydrogens is 450 g/mol. The number of sulfonamides is 1. The number of carbonyl (C=O) groups is 1. The molecule has 172 valence electrons. The van der Waals surface area contributed by atoms with Gasteiger partial charge in [-0.3, -0.25) is 4.79 Å². The predicted octanol–water partition coefficient (Wildman–Crippen LogP) is 3.00. The number of rotatable bonds is 7. The van der Waals surface area contributed by atoms with Gasteiger partial charge in [-0.15, -0.1) is 0 Å². The molecule has 0 bridgehead atoms. The van der Waals surface area contributed by atoms with Crippen molar-refractivity contribution in [3.63, 3.8) is 0 Å². The minimum absolute atomic E-state index is 0.135. The number of hydrogen-bond acceptors (Lipinski definition) is 7. The van der Waals surface area contributed by atoms with E-state index in [9.17, 15) is 13.2 Å². The topological polar surface area (TPSA) is 97.8 Å². The van der Waals surface area contributed by atoms with Crippen molar-refractivity contribution >= 4 is 27.7 Å². The smallest absolute Gasteiger partial charge is 0.244 e. The average molecular weight is 478 g/mol. The van der Waals surface area contributed by atoms with Crippen LogP contribution in [-0.4, -0.2) is 55.7 Å². The number of thioether (sulfide) groups is 1.